The predicted octanol–water partition coefficient (Wildman–Crippen LogP) is 3.37. The van der Waals surface area contributed by atoms with Gasteiger partial charge in [-0.25, -0.2) is 4.39 Å². The molecular formula is C15H18F4N2. The fourth-order valence-electron chi connectivity index (χ4n) is 2.60. The van der Waals surface area contributed by atoms with Gasteiger partial charge in [0.2, 0.25) is 0 Å². The van der Waals surface area contributed by atoms with Crippen LogP contribution in [0.4, 0.5) is 17.6 Å². The van der Waals surface area contributed by atoms with E-state index in [2.05, 4.69) is 11.9 Å². The van der Waals surface area contributed by atoms with E-state index in [4.69, 9.17) is 0 Å². The van der Waals surface area contributed by atoms with Crippen molar-refractivity contribution in [3.05, 3.63) is 47.8 Å². The Morgan fingerprint density at radius 3 is 2.52 bits per heavy atom. The molecule has 1 heterocycles. The van der Waals surface area contributed by atoms with Gasteiger partial charge in [0.1, 0.15) is 5.82 Å². The zero-order valence-corrected chi connectivity index (χ0v) is 11.6. The molecule has 1 atom stereocenters. The molecule has 0 amide bonds. The van der Waals surface area contributed by atoms with Gasteiger partial charge in [0.15, 0.2) is 0 Å². The minimum atomic E-state index is -4.47. The van der Waals surface area contributed by atoms with E-state index >= 15 is 0 Å². The summed E-state index contributed by atoms with van der Waals surface area (Å²) in [6.07, 6.45) is -2.44. The summed E-state index contributed by atoms with van der Waals surface area (Å²) in [5, 5.41) is 3.17. The van der Waals surface area contributed by atoms with Crippen LogP contribution in [-0.2, 0) is 6.18 Å². The summed E-state index contributed by atoms with van der Waals surface area (Å²) in [4.78, 5) is 2.00. The van der Waals surface area contributed by atoms with E-state index in [1.165, 1.54) is 0 Å². The lowest BCUT2D eigenvalue weighted by molar-refractivity contribution is -0.137. The molecule has 0 spiro atoms. The number of hydrogen-bond acceptors (Lipinski definition) is 2. The maximum Gasteiger partial charge on any atom is 0.416 e. The molecule has 21 heavy (non-hydrogen) atoms. The molecule has 1 N–H and O–H groups in total. The van der Waals surface area contributed by atoms with Crippen LogP contribution >= 0.6 is 0 Å². The zero-order chi connectivity index (χ0) is 15.5. The summed E-state index contributed by atoms with van der Waals surface area (Å²) < 4.78 is 52.5. The van der Waals surface area contributed by atoms with Crippen LogP contribution in [0.15, 0.2) is 30.9 Å². The topological polar surface area (TPSA) is 15.3 Å². The van der Waals surface area contributed by atoms with Gasteiger partial charge in [-0.15, -0.1) is 6.58 Å². The second-order valence-corrected chi connectivity index (χ2v) is 5.06. The van der Waals surface area contributed by atoms with Crippen LogP contribution in [0.25, 0.3) is 0 Å². The van der Waals surface area contributed by atoms with E-state index in [-0.39, 0.29) is 5.56 Å². The SMILES string of the molecule is C=CC[C@@H](c1cc(C(F)(F)F)ccc1F)N1CCNCC1. The Kier molecular flexibility index (Phi) is 5.00. The van der Waals surface area contributed by atoms with Gasteiger partial charge in [-0.1, -0.05) is 6.08 Å². The normalized spacial score (nSPS) is 18.5. The van der Waals surface area contributed by atoms with E-state index < -0.39 is 23.6 Å². The van der Waals surface area contributed by atoms with E-state index in [0.29, 0.717) is 19.5 Å². The van der Waals surface area contributed by atoms with Gasteiger partial charge in [-0.3, -0.25) is 4.90 Å². The first-order valence-corrected chi connectivity index (χ1v) is 6.86. The van der Waals surface area contributed by atoms with Crippen LogP contribution < -0.4 is 5.32 Å². The highest BCUT2D eigenvalue weighted by molar-refractivity contribution is 5.30. The Bertz CT molecular complexity index is 493. The molecule has 0 aliphatic carbocycles. The number of halogens is 4. The summed E-state index contributed by atoms with van der Waals surface area (Å²) in [5.41, 5.74) is -0.727. The summed E-state index contributed by atoms with van der Waals surface area (Å²) in [6.45, 7) is 6.47. The fraction of sp³-hybridized carbons (Fsp3) is 0.467. The molecule has 1 saturated heterocycles. The zero-order valence-electron chi connectivity index (χ0n) is 11.6. The smallest absolute Gasteiger partial charge is 0.314 e. The Labute approximate surface area is 121 Å². The predicted molar refractivity (Wildman–Crippen MR) is 73.4 cm³/mol. The van der Waals surface area contributed by atoms with E-state index in [1.54, 1.807) is 6.08 Å². The van der Waals surface area contributed by atoms with Crippen molar-refractivity contribution in [2.45, 2.75) is 18.6 Å². The molecule has 0 aromatic heterocycles. The van der Waals surface area contributed by atoms with Crippen molar-refractivity contribution in [2.75, 3.05) is 26.2 Å². The monoisotopic (exact) mass is 302 g/mol. The quantitative estimate of drug-likeness (QED) is 0.677. The van der Waals surface area contributed by atoms with Gasteiger partial charge in [0, 0.05) is 37.8 Å². The molecule has 0 unspecified atom stereocenters. The van der Waals surface area contributed by atoms with Crippen molar-refractivity contribution < 1.29 is 17.6 Å². The Morgan fingerprint density at radius 2 is 1.95 bits per heavy atom. The first-order chi connectivity index (χ1) is 9.93. The van der Waals surface area contributed by atoms with Crippen LogP contribution in [0.5, 0.6) is 0 Å². The summed E-state index contributed by atoms with van der Waals surface area (Å²) in [7, 11) is 0. The largest absolute Gasteiger partial charge is 0.416 e. The van der Waals surface area contributed by atoms with Crippen LogP contribution in [0.3, 0.4) is 0 Å². The number of nitrogens with one attached hydrogen (secondary N) is 1. The highest BCUT2D eigenvalue weighted by atomic mass is 19.4. The minimum Gasteiger partial charge on any atom is -0.314 e. The van der Waals surface area contributed by atoms with Gasteiger partial charge < -0.3 is 5.32 Å². The molecule has 2 nitrogen and oxygen atoms in total. The van der Waals surface area contributed by atoms with Gasteiger partial charge in [0.25, 0.3) is 0 Å². The van der Waals surface area contributed by atoms with E-state index in [0.717, 1.165) is 31.3 Å². The number of hydrogen-bond donors (Lipinski definition) is 1. The lowest BCUT2D eigenvalue weighted by Crippen LogP contribution is -2.45. The molecule has 1 aliphatic heterocycles. The van der Waals surface area contributed by atoms with Crippen LogP contribution in [-0.4, -0.2) is 31.1 Å². The van der Waals surface area contributed by atoms with Gasteiger partial charge >= 0.3 is 6.18 Å². The number of alkyl halides is 3. The number of piperazine rings is 1. The van der Waals surface area contributed by atoms with Crippen LogP contribution in [0, 0.1) is 5.82 Å². The molecule has 1 aliphatic rings. The highest BCUT2D eigenvalue weighted by Gasteiger charge is 2.33. The number of rotatable bonds is 4. The molecule has 0 radical (unpaired) electrons. The van der Waals surface area contributed by atoms with Crippen molar-refractivity contribution in [1.82, 2.24) is 10.2 Å². The van der Waals surface area contributed by atoms with Crippen molar-refractivity contribution in [3.63, 3.8) is 0 Å². The third kappa shape index (κ3) is 3.83. The van der Waals surface area contributed by atoms with Gasteiger partial charge in [0.05, 0.1) is 5.56 Å². The maximum absolute atomic E-state index is 14.0. The molecular weight excluding hydrogens is 284 g/mol. The van der Waals surface area contributed by atoms with E-state index in [1.807, 2.05) is 4.90 Å². The van der Waals surface area contributed by atoms with Crippen molar-refractivity contribution in [2.24, 2.45) is 0 Å². The molecule has 6 heteroatoms. The van der Waals surface area contributed by atoms with Crippen LogP contribution in [0.1, 0.15) is 23.6 Å². The molecule has 1 fully saturated rings. The molecule has 0 saturated carbocycles. The summed E-state index contributed by atoms with van der Waals surface area (Å²) in [5.74, 6) is -0.603. The average molecular weight is 302 g/mol. The van der Waals surface area contributed by atoms with Crippen LogP contribution in [0.2, 0.25) is 0 Å². The molecule has 1 aromatic rings. The van der Waals surface area contributed by atoms with Gasteiger partial charge in [-0.2, -0.15) is 13.2 Å². The summed E-state index contributed by atoms with van der Waals surface area (Å²) >= 11 is 0. The Morgan fingerprint density at radius 1 is 1.29 bits per heavy atom. The molecule has 116 valence electrons. The Balaban J connectivity index is 2.36. The molecule has 2 rings (SSSR count). The minimum absolute atomic E-state index is 0.0895. The molecule has 1 aromatic carbocycles. The second-order valence-electron chi connectivity index (χ2n) is 5.06. The fourth-order valence-corrected chi connectivity index (χ4v) is 2.60. The third-order valence-corrected chi connectivity index (χ3v) is 3.66. The van der Waals surface area contributed by atoms with Crippen molar-refractivity contribution >= 4 is 0 Å². The lowest BCUT2D eigenvalue weighted by atomic mass is 9.98. The first-order valence-electron chi connectivity index (χ1n) is 6.86. The average Bonchev–Trinajstić information content (AvgIpc) is 2.45. The standard InChI is InChI=1S/C15H18F4N2/c1-2-3-14(21-8-6-20-7-9-21)12-10-11(15(17,18)19)4-5-13(12)16/h2,4-5,10,14,20H,1,3,6-9H2/t14-/m0/s1. The maximum atomic E-state index is 14.0. The van der Waals surface area contributed by atoms with Gasteiger partial charge in [-0.05, 0) is 24.6 Å². The summed E-state index contributed by atoms with van der Waals surface area (Å²) in [6, 6.07) is 2.19. The van der Waals surface area contributed by atoms with E-state index in [9.17, 15) is 17.6 Å². The third-order valence-electron chi connectivity index (χ3n) is 3.66. The van der Waals surface area contributed by atoms with Crippen molar-refractivity contribution in [1.29, 1.82) is 0 Å². The lowest BCUT2D eigenvalue weighted by Gasteiger charge is -2.35. The second kappa shape index (κ2) is 6.58. The molecule has 0 bridgehead atoms. The Hall–Kier alpha value is -1.40. The first kappa shape index (κ1) is 16.0. The number of benzene rings is 1. The highest BCUT2D eigenvalue weighted by Crippen LogP contribution is 2.34. The number of nitrogens with zero attached hydrogens (tertiary/aromatic N) is 1. The van der Waals surface area contributed by atoms with Crippen molar-refractivity contribution in [3.8, 4) is 0 Å².